The van der Waals surface area contributed by atoms with Crippen LogP contribution in [0.1, 0.15) is 18.1 Å². The summed E-state index contributed by atoms with van der Waals surface area (Å²) in [7, 11) is 0. The third-order valence-electron chi connectivity index (χ3n) is 11.0. The summed E-state index contributed by atoms with van der Waals surface area (Å²) in [5.74, 6) is 2.37. The Morgan fingerprint density at radius 2 is 1.09 bits per heavy atom. The van der Waals surface area contributed by atoms with Gasteiger partial charge in [0, 0.05) is 33.0 Å². The Labute approximate surface area is 312 Å². The van der Waals surface area contributed by atoms with Crippen molar-refractivity contribution in [2.75, 3.05) is 0 Å². The van der Waals surface area contributed by atoms with Crippen LogP contribution in [-0.4, -0.2) is 15.0 Å². The van der Waals surface area contributed by atoms with Crippen molar-refractivity contribution in [3.63, 3.8) is 0 Å². The molecule has 0 bridgehead atoms. The Morgan fingerprint density at radius 3 is 1.87 bits per heavy atom. The summed E-state index contributed by atoms with van der Waals surface area (Å²) in [6.07, 6.45) is 5.57. The molecule has 11 rings (SSSR count). The quantitative estimate of drug-likeness (QED) is 0.184. The fourth-order valence-electron chi connectivity index (χ4n) is 8.26. The molecule has 54 heavy (non-hydrogen) atoms. The highest BCUT2D eigenvalue weighted by Crippen LogP contribution is 2.42. The van der Waals surface area contributed by atoms with Gasteiger partial charge < -0.3 is 4.42 Å². The lowest BCUT2D eigenvalue weighted by molar-refractivity contribution is 0.670. The molecule has 0 aliphatic heterocycles. The van der Waals surface area contributed by atoms with Crippen molar-refractivity contribution >= 4 is 60.3 Å². The average Bonchev–Trinajstić information content (AvgIpc) is 3.62. The molecule has 4 nitrogen and oxygen atoms in total. The number of furan rings is 1. The predicted molar refractivity (Wildman–Crippen MR) is 223 cm³/mol. The summed E-state index contributed by atoms with van der Waals surface area (Å²) in [5, 5.41) is 9.20. The predicted octanol–water partition coefficient (Wildman–Crippen LogP) is 13.1. The molecule has 0 amide bonds. The Morgan fingerprint density at radius 1 is 0.500 bits per heavy atom. The molecular weight excluding hydrogens is 659 g/mol. The van der Waals surface area contributed by atoms with Gasteiger partial charge in [0.05, 0.1) is 0 Å². The van der Waals surface area contributed by atoms with Crippen molar-refractivity contribution in [3.05, 3.63) is 169 Å². The fourth-order valence-corrected chi connectivity index (χ4v) is 8.26. The molecule has 0 fully saturated rings. The van der Waals surface area contributed by atoms with Crippen molar-refractivity contribution in [3.8, 4) is 45.3 Å². The summed E-state index contributed by atoms with van der Waals surface area (Å²) < 4.78 is 6.72. The molecule has 0 saturated heterocycles. The third-order valence-corrected chi connectivity index (χ3v) is 11.0. The smallest absolute Gasteiger partial charge is 0.164 e. The van der Waals surface area contributed by atoms with Gasteiger partial charge in [-0.1, -0.05) is 134 Å². The maximum Gasteiger partial charge on any atom is 0.164 e. The lowest BCUT2D eigenvalue weighted by Crippen LogP contribution is -2.04. The molecule has 0 radical (unpaired) electrons. The van der Waals surface area contributed by atoms with Crippen LogP contribution in [0.5, 0.6) is 0 Å². The van der Waals surface area contributed by atoms with Gasteiger partial charge in [-0.3, -0.25) is 0 Å². The molecule has 254 valence electrons. The summed E-state index contributed by atoms with van der Waals surface area (Å²) >= 11 is 0. The van der Waals surface area contributed by atoms with Gasteiger partial charge in [-0.15, -0.1) is 0 Å². The Hall–Kier alpha value is -6.91. The number of hydrogen-bond acceptors (Lipinski definition) is 4. The lowest BCUT2D eigenvalue weighted by atomic mass is 9.86. The van der Waals surface area contributed by atoms with Crippen molar-refractivity contribution in [1.82, 2.24) is 15.0 Å². The zero-order valence-electron chi connectivity index (χ0n) is 29.6. The Bertz CT molecular complexity index is 3170. The molecule has 4 heteroatoms. The fraction of sp³-hybridized carbons (Fsp3) is 0.0600. The minimum Gasteiger partial charge on any atom is -0.455 e. The molecule has 10 aromatic rings. The average molecular weight is 692 g/mol. The number of para-hydroxylation sites is 1. The number of benzene rings is 8. The molecule has 1 aliphatic carbocycles. The first-order chi connectivity index (χ1) is 26.6. The monoisotopic (exact) mass is 691 g/mol. The van der Waals surface area contributed by atoms with Crippen molar-refractivity contribution < 1.29 is 4.42 Å². The molecule has 8 aromatic carbocycles. The zero-order chi connectivity index (χ0) is 35.8. The van der Waals surface area contributed by atoms with Crippen molar-refractivity contribution in [2.45, 2.75) is 13.3 Å². The largest absolute Gasteiger partial charge is 0.455 e. The van der Waals surface area contributed by atoms with Crippen molar-refractivity contribution in [1.29, 1.82) is 0 Å². The lowest BCUT2D eigenvalue weighted by Gasteiger charge is -2.18. The van der Waals surface area contributed by atoms with Crippen LogP contribution in [0.25, 0.3) is 106 Å². The van der Waals surface area contributed by atoms with E-state index in [1.807, 2.05) is 12.1 Å². The number of nitrogens with zero attached hydrogens (tertiary/aromatic N) is 3. The molecule has 1 atom stereocenters. The van der Waals surface area contributed by atoms with Crippen LogP contribution in [0.3, 0.4) is 0 Å². The summed E-state index contributed by atoms with van der Waals surface area (Å²) in [6, 6.07) is 53.5. The van der Waals surface area contributed by atoms with E-state index >= 15 is 0 Å². The second-order valence-corrected chi connectivity index (χ2v) is 14.5. The molecule has 2 aromatic heterocycles. The van der Waals surface area contributed by atoms with Crippen LogP contribution in [0.2, 0.25) is 0 Å². The van der Waals surface area contributed by atoms with E-state index in [1.54, 1.807) is 0 Å². The maximum absolute atomic E-state index is 6.72. The summed E-state index contributed by atoms with van der Waals surface area (Å²) in [5.41, 5.74) is 9.25. The first-order valence-corrected chi connectivity index (χ1v) is 18.6. The zero-order valence-corrected chi connectivity index (χ0v) is 29.6. The second kappa shape index (κ2) is 12.1. The van der Waals surface area contributed by atoms with Crippen LogP contribution < -0.4 is 0 Å². The molecular formula is C50H33N3O. The first kappa shape index (κ1) is 30.7. The number of fused-ring (bicyclic) bond motifs is 8. The molecule has 1 unspecified atom stereocenters. The van der Waals surface area contributed by atoms with Crippen LogP contribution in [0.15, 0.2) is 162 Å². The normalized spacial score (nSPS) is 14.1. The van der Waals surface area contributed by atoms with Gasteiger partial charge in [0.15, 0.2) is 17.5 Å². The number of allylic oxidation sites excluding steroid dienone is 1. The van der Waals surface area contributed by atoms with Gasteiger partial charge in [0.2, 0.25) is 0 Å². The van der Waals surface area contributed by atoms with Gasteiger partial charge in [-0.05, 0) is 97.7 Å². The summed E-state index contributed by atoms with van der Waals surface area (Å²) in [6.45, 7) is 2.28. The van der Waals surface area contributed by atoms with Gasteiger partial charge >= 0.3 is 0 Å². The third kappa shape index (κ3) is 5.02. The van der Waals surface area contributed by atoms with E-state index < -0.39 is 0 Å². The highest BCUT2D eigenvalue weighted by molar-refractivity contribution is 6.16. The summed E-state index contributed by atoms with van der Waals surface area (Å²) in [4.78, 5) is 15.8. The molecule has 1 aliphatic rings. The van der Waals surface area contributed by atoms with E-state index in [2.05, 4.69) is 159 Å². The number of rotatable bonds is 4. The molecule has 2 heterocycles. The minimum absolute atomic E-state index is 0.486. The Balaban J connectivity index is 1.16. The van der Waals surface area contributed by atoms with Gasteiger partial charge in [-0.2, -0.15) is 0 Å². The number of aromatic nitrogens is 3. The number of hydrogen-bond donors (Lipinski definition) is 0. The van der Waals surface area contributed by atoms with Crippen LogP contribution in [0, 0.1) is 5.92 Å². The SMILES string of the molecule is CC1C=Cc2ccc3ccc(-c4nc(-c5ccc6ccccc6c5)nc(-c5ccc(-c6ccc7ccccc7c6)c6oc7ccccc7c56)n4)cc3c2C1. The molecule has 0 N–H and O–H groups in total. The van der Waals surface area contributed by atoms with Gasteiger partial charge in [0.1, 0.15) is 11.2 Å². The van der Waals surface area contributed by atoms with Crippen molar-refractivity contribution in [2.24, 2.45) is 5.92 Å². The molecule has 0 saturated carbocycles. The maximum atomic E-state index is 6.72. The highest BCUT2D eigenvalue weighted by Gasteiger charge is 2.22. The first-order valence-electron chi connectivity index (χ1n) is 18.6. The molecule has 0 spiro atoms. The van der Waals surface area contributed by atoms with E-state index in [1.165, 1.54) is 38.1 Å². The van der Waals surface area contributed by atoms with Crippen LogP contribution >= 0.6 is 0 Å². The van der Waals surface area contributed by atoms with E-state index in [9.17, 15) is 0 Å². The van der Waals surface area contributed by atoms with E-state index in [-0.39, 0.29) is 0 Å². The second-order valence-electron chi connectivity index (χ2n) is 14.5. The van der Waals surface area contributed by atoms with Gasteiger partial charge in [0.25, 0.3) is 0 Å². The van der Waals surface area contributed by atoms with E-state index in [0.717, 1.165) is 61.6 Å². The topological polar surface area (TPSA) is 51.8 Å². The van der Waals surface area contributed by atoms with E-state index in [4.69, 9.17) is 19.4 Å². The Kier molecular flexibility index (Phi) is 6.86. The van der Waals surface area contributed by atoms with E-state index in [0.29, 0.717) is 23.4 Å². The van der Waals surface area contributed by atoms with Gasteiger partial charge in [-0.25, -0.2) is 15.0 Å². The minimum atomic E-state index is 0.486. The van der Waals surface area contributed by atoms with Crippen LogP contribution in [0.4, 0.5) is 0 Å². The highest BCUT2D eigenvalue weighted by atomic mass is 16.3. The standard InChI is InChI=1S/C50H33N3O/c1-30-14-15-33-18-19-34-20-23-39(29-44(34)43(33)26-30)49-51-48(38-22-17-32-9-3-5-11-36(32)28-38)52-50(53-49)42-25-24-40(37-21-16-31-8-2-4-10-35(31)27-37)47-46(42)41-12-6-7-13-45(41)54-47/h2-25,27-30H,26H2,1H3. The van der Waals surface area contributed by atoms with Crippen LogP contribution in [-0.2, 0) is 6.42 Å².